The highest BCUT2D eigenvalue weighted by atomic mass is 19.4. The number of nitrogens with one attached hydrogen (secondary N) is 1. The number of nitrogens with two attached hydrogens (primary N) is 1. The van der Waals surface area contributed by atoms with Gasteiger partial charge in [-0.25, -0.2) is 4.98 Å². The van der Waals surface area contributed by atoms with Crippen molar-refractivity contribution in [2.75, 3.05) is 18.2 Å². The van der Waals surface area contributed by atoms with Gasteiger partial charge in [0.15, 0.2) is 5.82 Å². The van der Waals surface area contributed by atoms with Crippen LogP contribution in [0, 0.1) is 6.92 Å². The molecule has 2 rings (SSSR count). The summed E-state index contributed by atoms with van der Waals surface area (Å²) in [4.78, 5) is 7.68. The molecule has 8 heteroatoms. The summed E-state index contributed by atoms with van der Waals surface area (Å²) in [7, 11) is 1.39. The molecule has 0 fully saturated rings. The van der Waals surface area contributed by atoms with E-state index in [0.29, 0.717) is 0 Å². The van der Waals surface area contributed by atoms with Gasteiger partial charge in [0.2, 0.25) is 5.88 Å². The Morgan fingerprint density at radius 1 is 1.24 bits per heavy atom. The SMILES string of the molecule is COc1ncnc(Nc2ccc(C)c(C(F)(F)F)c2)c1N. The number of benzene rings is 1. The molecule has 0 unspecified atom stereocenters. The zero-order valence-electron chi connectivity index (χ0n) is 11.3. The topological polar surface area (TPSA) is 73.1 Å². The van der Waals surface area contributed by atoms with Crippen LogP contribution in [0.5, 0.6) is 5.88 Å². The van der Waals surface area contributed by atoms with Crippen LogP contribution in [-0.2, 0) is 6.18 Å². The Balaban J connectivity index is 2.37. The largest absolute Gasteiger partial charge is 0.479 e. The molecule has 1 aromatic carbocycles. The number of ether oxygens (including phenoxy) is 1. The molecule has 5 nitrogen and oxygen atoms in total. The highest BCUT2D eigenvalue weighted by Crippen LogP contribution is 2.34. The number of anilines is 3. The van der Waals surface area contributed by atoms with Crippen molar-refractivity contribution in [3.63, 3.8) is 0 Å². The van der Waals surface area contributed by atoms with E-state index in [9.17, 15) is 13.2 Å². The smallest absolute Gasteiger partial charge is 0.416 e. The number of hydrogen-bond donors (Lipinski definition) is 2. The Bertz CT molecular complexity index is 658. The van der Waals surface area contributed by atoms with Gasteiger partial charge in [-0.2, -0.15) is 18.2 Å². The fraction of sp³-hybridized carbons (Fsp3) is 0.231. The van der Waals surface area contributed by atoms with Gasteiger partial charge in [-0.3, -0.25) is 0 Å². The summed E-state index contributed by atoms with van der Waals surface area (Å²) in [6.07, 6.45) is -3.22. The number of methoxy groups -OCH3 is 1. The lowest BCUT2D eigenvalue weighted by Crippen LogP contribution is -2.09. The summed E-state index contributed by atoms with van der Waals surface area (Å²) in [5.74, 6) is 0.328. The zero-order chi connectivity index (χ0) is 15.6. The van der Waals surface area contributed by atoms with E-state index in [4.69, 9.17) is 10.5 Å². The molecule has 0 aliphatic heterocycles. The first-order chi connectivity index (χ1) is 9.82. The molecule has 0 aliphatic carbocycles. The second kappa shape index (κ2) is 5.47. The Morgan fingerprint density at radius 2 is 1.95 bits per heavy atom. The number of alkyl halides is 3. The third kappa shape index (κ3) is 3.15. The number of aryl methyl sites for hydroxylation is 1. The predicted molar refractivity (Wildman–Crippen MR) is 72.5 cm³/mol. The Morgan fingerprint density at radius 3 is 2.57 bits per heavy atom. The van der Waals surface area contributed by atoms with Crippen molar-refractivity contribution in [3.05, 3.63) is 35.7 Å². The Hall–Kier alpha value is -2.51. The molecule has 0 radical (unpaired) electrons. The normalized spacial score (nSPS) is 11.3. The summed E-state index contributed by atoms with van der Waals surface area (Å²) >= 11 is 0. The van der Waals surface area contributed by atoms with Gasteiger partial charge in [0.05, 0.1) is 12.7 Å². The summed E-state index contributed by atoms with van der Waals surface area (Å²) in [5, 5.41) is 2.73. The number of hydrogen-bond acceptors (Lipinski definition) is 5. The summed E-state index contributed by atoms with van der Waals surface area (Å²) < 4.78 is 43.5. The average Bonchev–Trinajstić information content (AvgIpc) is 2.42. The Kier molecular flexibility index (Phi) is 3.88. The molecular weight excluding hydrogens is 285 g/mol. The van der Waals surface area contributed by atoms with E-state index in [1.807, 2.05) is 0 Å². The monoisotopic (exact) mass is 298 g/mol. The molecule has 0 spiro atoms. The molecule has 0 aliphatic rings. The van der Waals surface area contributed by atoms with Gasteiger partial charge in [0.1, 0.15) is 12.0 Å². The Labute approximate surface area is 119 Å². The maximum Gasteiger partial charge on any atom is 0.416 e. The van der Waals surface area contributed by atoms with Crippen LogP contribution in [0.2, 0.25) is 0 Å². The lowest BCUT2D eigenvalue weighted by molar-refractivity contribution is -0.138. The maximum atomic E-state index is 12.9. The van der Waals surface area contributed by atoms with E-state index in [1.54, 1.807) is 0 Å². The van der Waals surface area contributed by atoms with E-state index in [2.05, 4.69) is 15.3 Å². The molecule has 0 bridgehead atoms. The summed E-state index contributed by atoms with van der Waals surface area (Å²) in [5.41, 5.74) is 5.53. The molecule has 0 amide bonds. The molecule has 0 saturated heterocycles. The minimum atomic E-state index is -4.42. The van der Waals surface area contributed by atoms with Gasteiger partial charge < -0.3 is 15.8 Å². The lowest BCUT2D eigenvalue weighted by Gasteiger charge is -2.14. The first kappa shape index (κ1) is 14.9. The molecule has 0 atom stereocenters. The van der Waals surface area contributed by atoms with Crippen LogP contribution >= 0.6 is 0 Å². The standard InChI is InChI=1S/C13H13F3N4O/c1-7-3-4-8(5-9(7)13(14,15)16)20-11-10(17)12(21-2)19-6-18-11/h3-6H,17H2,1-2H3,(H,18,19,20). The summed E-state index contributed by atoms with van der Waals surface area (Å²) in [6, 6.07) is 3.89. The zero-order valence-corrected chi connectivity index (χ0v) is 11.3. The molecule has 1 aromatic heterocycles. The van der Waals surface area contributed by atoms with E-state index in [-0.39, 0.29) is 28.6 Å². The maximum absolute atomic E-state index is 12.9. The molecule has 3 N–H and O–H groups in total. The van der Waals surface area contributed by atoms with E-state index < -0.39 is 11.7 Å². The van der Waals surface area contributed by atoms with Crippen LogP contribution < -0.4 is 15.8 Å². The average molecular weight is 298 g/mol. The molecular formula is C13H13F3N4O. The second-order valence-electron chi connectivity index (χ2n) is 4.30. The van der Waals surface area contributed by atoms with Gasteiger partial charge in [-0.1, -0.05) is 6.07 Å². The van der Waals surface area contributed by atoms with Gasteiger partial charge in [-0.05, 0) is 24.6 Å². The number of nitrogens with zero attached hydrogens (tertiary/aromatic N) is 2. The van der Waals surface area contributed by atoms with Crippen LogP contribution in [0.15, 0.2) is 24.5 Å². The molecule has 21 heavy (non-hydrogen) atoms. The second-order valence-corrected chi connectivity index (χ2v) is 4.30. The lowest BCUT2D eigenvalue weighted by atomic mass is 10.1. The fourth-order valence-electron chi connectivity index (χ4n) is 1.78. The van der Waals surface area contributed by atoms with Crippen molar-refractivity contribution >= 4 is 17.2 Å². The summed E-state index contributed by atoms with van der Waals surface area (Å²) in [6.45, 7) is 1.40. The van der Waals surface area contributed by atoms with E-state index >= 15 is 0 Å². The highest BCUT2D eigenvalue weighted by Gasteiger charge is 2.32. The predicted octanol–water partition coefficient (Wildman–Crippen LogP) is 3.14. The molecule has 112 valence electrons. The van der Waals surface area contributed by atoms with Crippen molar-refractivity contribution in [3.8, 4) is 5.88 Å². The van der Waals surface area contributed by atoms with Crippen LogP contribution in [0.4, 0.5) is 30.4 Å². The van der Waals surface area contributed by atoms with Gasteiger partial charge in [0.25, 0.3) is 0 Å². The van der Waals surface area contributed by atoms with Crippen molar-refractivity contribution in [2.45, 2.75) is 13.1 Å². The molecule has 0 saturated carbocycles. The number of halogens is 3. The highest BCUT2D eigenvalue weighted by molar-refractivity contribution is 5.72. The van der Waals surface area contributed by atoms with Crippen LogP contribution in [0.25, 0.3) is 0 Å². The third-order valence-corrected chi connectivity index (χ3v) is 2.85. The van der Waals surface area contributed by atoms with Crippen molar-refractivity contribution in [1.82, 2.24) is 9.97 Å². The van der Waals surface area contributed by atoms with Crippen molar-refractivity contribution < 1.29 is 17.9 Å². The van der Waals surface area contributed by atoms with Crippen LogP contribution in [0.3, 0.4) is 0 Å². The van der Waals surface area contributed by atoms with Gasteiger partial charge >= 0.3 is 6.18 Å². The number of nitrogen functional groups attached to an aromatic ring is 1. The van der Waals surface area contributed by atoms with Crippen molar-refractivity contribution in [2.24, 2.45) is 0 Å². The minimum Gasteiger partial charge on any atom is -0.479 e. The first-order valence-corrected chi connectivity index (χ1v) is 5.92. The number of aromatic nitrogens is 2. The van der Waals surface area contributed by atoms with Crippen LogP contribution in [-0.4, -0.2) is 17.1 Å². The van der Waals surface area contributed by atoms with E-state index in [1.165, 1.54) is 32.5 Å². The minimum absolute atomic E-state index is 0.120. The van der Waals surface area contributed by atoms with Gasteiger partial charge in [0, 0.05) is 5.69 Å². The quantitative estimate of drug-likeness (QED) is 0.910. The third-order valence-electron chi connectivity index (χ3n) is 2.85. The van der Waals surface area contributed by atoms with Crippen molar-refractivity contribution in [1.29, 1.82) is 0 Å². The fourth-order valence-corrected chi connectivity index (χ4v) is 1.78. The molecule has 2 aromatic rings. The van der Waals surface area contributed by atoms with Crippen LogP contribution in [0.1, 0.15) is 11.1 Å². The van der Waals surface area contributed by atoms with E-state index in [0.717, 1.165) is 6.07 Å². The first-order valence-electron chi connectivity index (χ1n) is 5.92. The molecule has 1 heterocycles. The van der Waals surface area contributed by atoms with Gasteiger partial charge in [-0.15, -0.1) is 0 Å². The number of rotatable bonds is 3.